The molecule has 0 aliphatic carbocycles. The van der Waals surface area contributed by atoms with Crippen molar-refractivity contribution in [1.82, 2.24) is 0 Å². The molecule has 0 aromatic heterocycles. The van der Waals surface area contributed by atoms with E-state index >= 15 is 0 Å². The van der Waals surface area contributed by atoms with Gasteiger partial charge in [-0.1, -0.05) is 84.0 Å². The number of hydrogen-bond acceptors (Lipinski definition) is 3. The summed E-state index contributed by atoms with van der Waals surface area (Å²) >= 11 is 0. The third-order valence-corrected chi connectivity index (χ3v) is 4.06. The van der Waals surface area contributed by atoms with E-state index in [-0.39, 0.29) is 5.84 Å². The maximum absolute atomic E-state index is 12.4. The number of amidine groups is 1. The Labute approximate surface area is 152 Å². The second-order valence-electron chi connectivity index (χ2n) is 5.86. The highest BCUT2D eigenvalue weighted by atomic mass is 16.7. The van der Waals surface area contributed by atoms with Gasteiger partial charge in [0.1, 0.15) is 0 Å². The van der Waals surface area contributed by atoms with Crippen molar-refractivity contribution in [2.45, 2.75) is 12.8 Å². The average Bonchev–Trinajstić information content (AvgIpc) is 2.72. The van der Waals surface area contributed by atoms with Gasteiger partial charge in [-0.25, -0.2) is 4.79 Å². The molecule has 0 saturated heterocycles. The van der Waals surface area contributed by atoms with Gasteiger partial charge in [0.05, 0.1) is 5.56 Å². The van der Waals surface area contributed by atoms with Crippen LogP contribution in [0.2, 0.25) is 0 Å². The van der Waals surface area contributed by atoms with Crippen LogP contribution in [0.5, 0.6) is 0 Å². The second-order valence-corrected chi connectivity index (χ2v) is 5.86. The fourth-order valence-electron chi connectivity index (χ4n) is 2.66. The number of aryl methyl sites for hydroxylation is 2. The van der Waals surface area contributed by atoms with Gasteiger partial charge >= 0.3 is 5.97 Å². The van der Waals surface area contributed by atoms with Crippen LogP contribution in [0.3, 0.4) is 0 Å². The summed E-state index contributed by atoms with van der Waals surface area (Å²) in [6.45, 7) is 0. The van der Waals surface area contributed by atoms with E-state index in [9.17, 15) is 4.79 Å². The third-order valence-electron chi connectivity index (χ3n) is 4.06. The molecule has 3 aromatic carbocycles. The zero-order valence-electron chi connectivity index (χ0n) is 14.3. The van der Waals surface area contributed by atoms with E-state index in [2.05, 4.69) is 17.3 Å². The van der Waals surface area contributed by atoms with Crippen LogP contribution in [0.15, 0.2) is 90.1 Å². The monoisotopic (exact) mass is 344 g/mol. The van der Waals surface area contributed by atoms with Crippen LogP contribution >= 0.6 is 0 Å². The highest BCUT2D eigenvalue weighted by Crippen LogP contribution is 2.14. The van der Waals surface area contributed by atoms with E-state index in [1.807, 2.05) is 54.6 Å². The lowest BCUT2D eigenvalue weighted by atomic mass is 10.00. The van der Waals surface area contributed by atoms with E-state index in [4.69, 9.17) is 10.6 Å². The lowest BCUT2D eigenvalue weighted by molar-refractivity contribution is 0.0514. The summed E-state index contributed by atoms with van der Waals surface area (Å²) in [5.41, 5.74) is 9.23. The number of carbonyl (C=O) groups excluding carboxylic acids is 1. The Kier molecular flexibility index (Phi) is 5.78. The van der Waals surface area contributed by atoms with Crippen molar-refractivity contribution in [2.75, 3.05) is 0 Å². The van der Waals surface area contributed by atoms with Crippen LogP contribution in [0, 0.1) is 0 Å². The van der Waals surface area contributed by atoms with Gasteiger partial charge in [-0.2, -0.15) is 0 Å². The Hall–Kier alpha value is -3.40. The van der Waals surface area contributed by atoms with Gasteiger partial charge < -0.3 is 10.6 Å². The van der Waals surface area contributed by atoms with Crippen LogP contribution in [0.4, 0.5) is 0 Å². The summed E-state index contributed by atoms with van der Waals surface area (Å²) < 4.78 is 0. The molecule has 0 bridgehead atoms. The van der Waals surface area contributed by atoms with Crippen LogP contribution in [-0.2, 0) is 17.7 Å². The first-order valence-corrected chi connectivity index (χ1v) is 8.46. The van der Waals surface area contributed by atoms with E-state index in [0.29, 0.717) is 11.1 Å². The minimum atomic E-state index is -0.507. The lowest BCUT2D eigenvalue weighted by Gasteiger charge is -2.08. The van der Waals surface area contributed by atoms with Crippen molar-refractivity contribution in [3.8, 4) is 0 Å². The first kappa shape index (κ1) is 17.4. The van der Waals surface area contributed by atoms with E-state index in [0.717, 1.165) is 18.4 Å². The van der Waals surface area contributed by atoms with Gasteiger partial charge in [-0.3, -0.25) is 0 Å². The predicted molar refractivity (Wildman–Crippen MR) is 103 cm³/mol. The molecule has 2 N–H and O–H groups in total. The van der Waals surface area contributed by atoms with E-state index in [1.165, 1.54) is 5.56 Å². The fourth-order valence-corrected chi connectivity index (χ4v) is 2.66. The molecule has 130 valence electrons. The van der Waals surface area contributed by atoms with Gasteiger partial charge in [0.15, 0.2) is 5.84 Å². The molecule has 0 amide bonds. The molecule has 0 radical (unpaired) electrons. The number of nitrogens with two attached hydrogens (primary N) is 1. The topological polar surface area (TPSA) is 64.7 Å². The maximum atomic E-state index is 12.4. The number of hydrogen-bond donors (Lipinski definition) is 1. The summed E-state index contributed by atoms with van der Waals surface area (Å²) in [4.78, 5) is 17.5. The number of rotatable bonds is 6. The smallest absolute Gasteiger partial charge is 0.366 e. The zero-order chi connectivity index (χ0) is 18.2. The summed E-state index contributed by atoms with van der Waals surface area (Å²) in [6, 6.07) is 26.8. The molecule has 4 heteroatoms. The van der Waals surface area contributed by atoms with Gasteiger partial charge in [-0.15, -0.1) is 0 Å². The van der Waals surface area contributed by atoms with Crippen molar-refractivity contribution in [3.63, 3.8) is 0 Å². The molecule has 0 aliphatic rings. The van der Waals surface area contributed by atoms with Crippen molar-refractivity contribution in [3.05, 3.63) is 107 Å². The van der Waals surface area contributed by atoms with Gasteiger partial charge in [-0.05, 0) is 30.0 Å². The SMILES string of the molecule is NC(=NOC(=O)c1ccccc1CCc1ccccc1)c1ccccc1. The lowest BCUT2D eigenvalue weighted by Crippen LogP contribution is -2.15. The number of oxime groups is 1. The van der Waals surface area contributed by atoms with Crippen LogP contribution in [0.1, 0.15) is 27.0 Å². The quantitative estimate of drug-likeness (QED) is 0.319. The van der Waals surface area contributed by atoms with Crippen LogP contribution < -0.4 is 5.73 Å². The highest BCUT2D eigenvalue weighted by Gasteiger charge is 2.13. The zero-order valence-corrected chi connectivity index (χ0v) is 14.3. The normalized spacial score (nSPS) is 11.2. The minimum absolute atomic E-state index is 0.167. The van der Waals surface area contributed by atoms with Gasteiger partial charge in [0, 0.05) is 5.56 Å². The van der Waals surface area contributed by atoms with Gasteiger partial charge in [0.2, 0.25) is 0 Å². The maximum Gasteiger partial charge on any atom is 0.366 e. The standard InChI is InChI=1S/C22H20N2O2/c23-21(19-12-5-2-6-13-19)24-26-22(25)20-14-8-7-11-18(20)16-15-17-9-3-1-4-10-17/h1-14H,15-16H2,(H2,23,24). The van der Waals surface area contributed by atoms with E-state index in [1.54, 1.807) is 18.2 Å². The van der Waals surface area contributed by atoms with Crippen molar-refractivity contribution >= 4 is 11.8 Å². The molecular weight excluding hydrogens is 324 g/mol. The molecule has 3 rings (SSSR count). The third kappa shape index (κ3) is 4.57. The molecule has 4 nitrogen and oxygen atoms in total. The van der Waals surface area contributed by atoms with Crippen molar-refractivity contribution in [2.24, 2.45) is 10.9 Å². The Bertz CT molecular complexity index is 890. The number of carbonyl (C=O) groups is 1. The first-order chi connectivity index (χ1) is 12.7. The van der Waals surface area contributed by atoms with Crippen LogP contribution in [0.25, 0.3) is 0 Å². The molecule has 0 saturated carbocycles. The second kappa shape index (κ2) is 8.62. The Morgan fingerprint density at radius 2 is 1.42 bits per heavy atom. The van der Waals surface area contributed by atoms with Crippen molar-refractivity contribution < 1.29 is 9.63 Å². The Morgan fingerprint density at radius 3 is 2.15 bits per heavy atom. The molecular formula is C22H20N2O2. The number of benzene rings is 3. The molecule has 0 unspecified atom stereocenters. The van der Waals surface area contributed by atoms with Crippen LogP contribution in [-0.4, -0.2) is 11.8 Å². The van der Waals surface area contributed by atoms with Crippen molar-refractivity contribution in [1.29, 1.82) is 0 Å². The largest absolute Gasteiger partial charge is 0.380 e. The predicted octanol–water partition coefficient (Wildman–Crippen LogP) is 3.95. The summed E-state index contributed by atoms with van der Waals surface area (Å²) in [5.74, 6) is -0.340. The fraction of sp³-hybridized carbons (Fsp3) is 0.0909. The average molecular weight is 344 g/mol. The summed E-state index contributed by atoms with van der Waals surface area (Å²) in [6.07, 6.45) is 1.59. The number of nitrogens with zero attached hydrogens (tertiary/aromatic N) is 1. The molecule has 0 atom stereocenters. The molecule has 0 spiro atoms. The molecule has 3 aromatic rings. The molecule has 0 aliphatic heterocycles. The Morgan fingerprint density at radius 1 is 0.808 bits per heavy atom. The molecule has 0 fully saturated rings. The van der Waals surface area contributed by atoms with E-state index < -0.39 is 5.97 Å². The van der Waals surface area contributed by atoms with Gasteiger partial charge in [0.25, 0.3) is 0 Å². The summed E-state index contributed by atoms with van der Waals surface area (Å²) in [5, 5.41) is 3.77. The summed E-state index contributed by atoms with van der Waals surface area (Å²) in [7, 11) is 0. The first-order valence-electron chi connectivity index (χ1n) is 8.46. The minimum Gasteiger partial charge on any atom is -0.380 e. The molecule has 26 heavy (non-hydrogen) atoms. The molecule has 0 heterocycles. The highest BCUT2D eigenvalue weighted by molar-refractivity contribution is 5.98. The Balaban J connectivity index is 1.69.